The Hall–Kier alpha value is -3.51. The molecular formula is C26H27N5O. The molecule has 0 aliphatic carbocycles. The van der Waals surface area contributed by atoms with E-state index < -0.39 is 0 Å². The number of benzene rings is 2. The molecule has 1 amide bonds. The smallest absolute Gasteiger partial charge is 0.238 e. The number of pyridine rings is 1. The fraction of sp³-hybridized carbons (Fsp3) is 0.269. The lowest BCUT2D eigenvalue weighted by Gasteiger charge is -2.30. The predicted octanol–water partition coefficient (Wildman–Crippen LogP) is 4.14. The lowest BCUT2D eigenvalue weighted by atomic mass is 9.96. The summed E-state index contributed by atoms with van der Waals surface area (Å²) in [5.74, 6) is 1.44. The zero-order valence-corrected chi connectivity index (χ0v) is 18.0. The first-order chi connectivity index (χ1) is 15.8. The zero-order chi connectivity index (χ0) is 21.8. The van der Waals surface area contributed by atoms with Gasteiger partial charge in [0.2, 0.25) is 5.91 Å². The van der Waals surface area contributed by atoms with Crippen LogP contribution in [0.5, 0.6) is 0 Å². The number of rotatable bonds is 6. The van der Waals surface area contributed by atoms with Gasteiger partial charge in [-0.2, -0.15) is 0 Å². The first kappa shape index (κ1) is 20.4. The van der Waals surface area contributed by atoms with Gasteiger partial charge >= 0.3 is 0 Å². The monoisotopic (exact) mass is 425 g/mol. The average Bonchev–Trinajstić information content (AvgIpc) is 3.26. The highest BCUT2D eigenvalue weighted by molar-refractivity contribution is 5.93. The molecule has 0 atom stereocenters. The second-order valence-corrected chi connectivity index (χ2v) is 8.41. The molecule has 4 aromatic rings. The topological polar surface area (TPSA) is 62.5 Å². The Balaban J connectivity index is 1.17. The van der Waals surface area contributed by atoms with Crippen molar-refractivity contribution in [2.45, 2.75) is 25.2 Å². The number of amides is 1. The van der Waals surface area contributed by atoms with Crippen LogP contribution in [0.15, 0.2) is 79.0 Å². The number of carbonyl (C=O) groups excluding carboxylic acids is 1. The summed E-state index contributed by atoms with van der Waals surface area (Å²) in [5, 5.41) is 11.8. The summed E-state index contributed by atoms with van der Waals surface area (Å²) in [4.78, 5) is 15.0. The first-order valence-electron chi connectivity index (χ1n) is 11.2. The van der Waals surface area contributed by atoms with E-state index in [-0.39, 0.29) is 5.91 Å². The van der Waals surface area contributed by atoms with Gasteiger partial charge in [0.15, 0.2) is 5.65 Å². The van der Waals surface area contributed by atoms with Crippen LogP contribution >= 0.6 is 0 Å². The van der Waals surface area contributed by atoms with Crippen molar-refractivity contribution in [3.05, 3.63) is 95.9 Å². The molecular weight excluding hydrogens is 398 g/mol. The molecule has 32 heavy (non-hydrogen) atoms. The van der Waals surface area contributed by atoms with Gasteiger partial charge in [-0.1, -0.05) is 54.6 Å². The Morgan fingerprint density at radius 1 is 0.906 bits per heavy atom. The van der Waals surface area contributed by atoms with Gasteiger partial charge in [-0.15, -0.1) is 10.2 Å². The second-order valence-electron chi connectivity index (χ2n) is 8.41. The molecule has 1 N–H and O–H groups in total. The van der Waals surface area contributed by atoms with Crippen LogP contribution in [0.25, 0.3) is 5.65 Å². The second kappa shape index (κ2) is 9.32. The highest BCUT2D eigenvalue weighted by Crippen LogP contribution is 2.27. The quantitative estimate of drug-likeness (QED) is 0.504. The van der Waals surface area contributed by atoms with Crippen molar-refractivity contribution >= 4 is 17.2 Å². The molecule has 162 valence electrons. The molecule has 5 rings (SSSR count). The molecule has 0 unspecified atom stereocenters. The van der Waals surface area contributed by atoms with Crippen LogP contribution in [0.1, 0.15) is 35.7 Å². The predicted molar refractivity (Wildman–Crippen MR) is 126 cm³/mol. The average molecular weight is 426 g/mol. The molecule has 1 fully saturated rings. The number of hydrogen-bond donors (Lipinski definition) is 1. The zero-order valence-electron chi connectivity index (χ0n) is 18.0. The van der Waals surface area contributed by atoms with Gasteiger partial charge in [0.1, 0.15) is 5.82 Å². The molecule has 0 spiro atoms. The van der Waals surface area contributed by atoms with E-state index in [2.05, 4.69) is 43.0 Å². The largest absolute Gasteiger partial charge is 0.325 e. The SMILES string of the molecule is O=C(CN1CCC(c2nnc3ccccn23)CC1)Nc1ccccc1Cc1ccccc1. The van der Waals surface area contributed by atoms with Gasteiger partial charge < -0.3 is 5.32 Å². The van der Waals surface area contributed by atoms with Crippen molar-refractivity contribution in [1.29, 1.82) is 0 Å². The lowest BCUT2D eigenvalue weighted by Crippen LogP contribution is -2.39. The summed E-state index contributed by atoms with van der Waals surface area (Å²) in [6.07, 6.45) is 4.79. The molecule has 6 nitrogen and oxygen atoms in total. The van der Waals surface area contributed by atoms with E-state index in [1.807, 2.05) is 60.8 Å². The van der Waals surface area contributed by atoms with Gasteiger partial charge in [0.05, 0.1) is 6.54 Å². The Morgan fingerprint density at radius 2 is 1.66 bits per heavy atom. The van der Waals surface area contributed by atoms with Crippen molar-refractivity contribution in [3.8, 4) is 0 Å². The summed E-state index contributed by atoms with van der Waals surface area (Å²) >= 11 is 0. The number of fused-ring (bicyclic) bond motifs is 1. The van der Waals surface area contributed by atoms with E-state index in [1.54, 1.807) is 0 Å². The summed E-state index contributed by atoms with van der Waals surface area (Å²) < 4.78 is 2.08. The Bertz CT molecular complexity index is 1200. The summed E-state index contributed by atoms with van der Waals surface area (Å²) in [5.41, 5.74) is 4.14. The third kappa shape index (κ3) is 4.55. The molecule has 1 saturated heterocycles. The van der Waals surface area contributed by atoms with Crippen LogP contribution in [0.4, 0.5) is 5.69 Å². The Kier molecular flexibility index (Phi) is 5.94. The highest BCUT2D eigenvalue weighted by Gasteiger charge is 2.25. The fourth-order valence-corrected chi connectivity index (χ4v) is 4.49. The molecule has 2 aromatic heterocycles. The van der Waals surface area contributed by atoms with Crippen LogP contribution in [-0.2, 0) is 11.2 Å². The van der Waals surface area contributed by atoms with Crippen LogP contribution < -0.4 is 5.32 Å². The maximum atomic E-state index is 12.8. The third-order valence-electron chi connectivity index (χ3n) is 6.19. The standard InChI is InChI=1S/C26H27N5O/c32-25(27-23-11-5-4-10-22(23)18-20-8-2-1-3-9-20)19-30-16-13-21(14-17-30)26-29-28-24-12-6-7-15-31(24)26/h1-12,15,21H,13-14,16-19H2,(H,27,32). The summed E-state index contributed by atoms with van der Waals surface area (Å²) in [6.45, 7) is 2.17. The van der Waals surface area contributed by atoms with Gasteiger partial charge in [0, 0.05) is 17.8 Å². The van der Waals surface area contributed by atoms with E-state index in [1.165, 1.54) is 5.56 Å². The minimum absolute atomic E-state index is 0.0388. The number of anilines is 1. The third-order valence-corrected chi connectivity index (χ3v) is 6.19. The van der Waals surface area contributed by atoms with Crippen molar-refractivity contribution in [2.24, 2.45) is 0 Å². The number of nitrogens with zero attached hydrogens (tertiary/aromatic N) is 4. The maximum absolute atomic E-state index is 12.8. The van der Waals surface area contributed by atoms with E-state index >= 15 is 0 Å². The lowest BCUT2D eigenvalue weighted by molar-refractivity contribution is -0.117. The number of likely N-dealkylation sites (tertiary alicyclic amines) is 1. The van der Waals surface area contributed by atoms with Crippen LogP contribution in [-0.4, -0.2) is 45.0 Å². The van der Waals surface area contributed by atoms with Crippen molar-refractivity contribution in [1.82, 2.24) is 19.5 Å². The normalized spacial score (nSPS) is 15.1. The number of nitrogens with one attached hydrogen (secondary N) is 1. The molecule has 0 saturated carbocycles. The maximum Gasteiger partial charge on any atom is 0.238 e. The number of para-hydroxylation sites is 1. The molecule has 6 heteroatoms. The minimum Gasteiger partial charge on any atom is -0.325 e. The van der Waals surface area contributed by atoms with Gasteiger partial charge in [-0.3, -0.25) is 14.1 Å². The number of aromatic nitrogens is 3. The van der Waals surface area contributed by atoms with Crippen LogP contribution in [0.3, 0.4) is 0 Å². The van der Waals surface area contributed by atoms with Gasteiger partial charge in [-0.05, 0) is 61.7 Å². The van der Waals surface area contributed by atoms with Gasteiger partial charge in [0.25, 0.3) is 0 Å². The van der Waals surface area contributed by atoms with Crippen LogP contribution in [0.2, 0.25) is 0 Å². The van der Waals surface area contributed by atoms with Crippen molar-refractivity contribution < 1.29 is 4.79 Å². The van der Waals surface area contributed by atoms with Gasteiger partial charge in [-0.25, -0.2) is 0 Å². The molecule has 1 aliphatic heterocycles. The van der Waals surface area contributed by atoms with Crippen molar-refractivity contribution in [2.75, 3.05) is 25.0 Å². The van der Waals surface area contributed by atoms with E-state index in [9.17, 15) is 4.79 Å². The number of hydrogen-bond acceptors (Lipinski definition) is 4. The van der Waals surface area contributed by atoms with E-state index in [4.69, 9.17) is 0 Å². The number of carbonyl (C=O) groups is 1. The fourth-order valence-electron chi connectivity index (χ4n) is 4.49. The summed E-state index contributed by atoms with van der Waals surface area (Å²) in [6, 6.07) is 24.4. The molecule has 0 radical (unpaired) electrons. The van der Waals surface area contributed by atoms with Crippen LogP contribution in [0, 0.1) is 0 Å². The molecule has 3 heterocycles. The van der Waals surface area contributed by atoms with Crippen molar-refractivity contribution in [3.63, 3.8) is 0 Å². The van der Waals surface area contributed by atoms with E-state index in [0.717, 1.165) is 55.1 Å². The Labute approximate surface area is 187 Å². The molecule has 1 aliphatic rings. The number of piperidine rings is 1. The minimum atomic E-state index is 0.0388. The van der Waals surface area contributed by atoms with E-state index in [0.29, 0.717) is 12.5 Å². The molecule has 2 aromatic carbocycles. The molecule has 0 bridgehead atoms. The summed E-state index contributed by atoms with van der Waals surface area (Å²) in [7, 11) is 0. The highest BCUT2D eigenvalue weighted by atomic mass is 16.2. The first-order valence-corrected chi connectivity index (χ1v) is 11.2. The Morgan fingerprint density at radius 3 is 2.50 bits per heavy atom.